The van der Waals surface area contributed by atoms with Crippen LogP contribution in [0.4, 0.5) is 10.5 Å². The Morgan fingerprint density at radius 2 is 2.07 bits per heavy atom. The van der Waals surface area contributed by atoms with Crippen LogP contribution in [0.25, 0.3) is 10.9 Å². The lowest BCUT2D eigenvalue weighted by Gasteiger charge is -2.13. The van der Waals surface area contributed by atoms with E-state index in [2.05, 4.69) is 15.7 Å². The van der Waals surface area contributed by atoms with Crippen molar-refractivity contribution in [2.75, 3.05) is 11.9 Å². The molecule has 3 aromatic rings. The van der Waals surface area contributed by atoms with E-state index in [1.165, 1.54) is 0 Å². The topological polar surface area (TPSA) is 96.3 Å². The molecule has 1 aliphatic rings. The summed E-state index contributed by atoms with van der Waals surface area (Å²) in [5.41, 5.74) is 2.78. The smallest absolute Gasteiger partial charge is 0.324 e. The Balaban J connectivity index is 1.52. The van der Waals surface area contributed by atoms with Gasteiger partial charge in [-0.05, 0) is 42.8 Å². The maximum atomic E-state index is 12.7. The first-order valence-corrected chi connectivity index (χ1v) is 8.99. The number of aryl methyl sites for hydroxylation is 1. The molecule has 8 heteroatoms. The molecule has 1 aliphatic heterocycles. The van der Waals surface area contributed by atoms with E-state index >= 15 is 0 Å². The molecule has 1 aromatic heterocycles. The number of anilines is 1. The summed E-state index contributed by atoms with van der Waals surface area (Å²) in [6, 6.07) is 12.1. The predicted octanol–water partition coefficient (Wildman–Crippen LogP) is 2.36. The van der Waals surface area contributed by atoms with Gasteiger partial charge in [-0.2, -0.15) is 5.10 Å². The van der Waals surface area contributed by atoms with Crippen LogP contribution >= 0.6 is 0 Å². The second-order valence-electron chi connectivity index (χ2n) is 6.53. The molecule has 2 heterocycles. The van der Waals surface area contributed by atoms with Gasteiger partial charge in [0, 0.05) is 23.2 Å². The molecular weight excluding hydrogens is 358 g/mol. The summed E-state index contributed by atoms with van der Waals surface area (Å²) in [7, 11) is 0. The standard InChI is InChI=1S/C20H19N5O3/c1-2-25-17-9-16(7-6-15(17)10-22-25)23-19(27)14-5-3-4-13(8-14)12-24-18(26)11-21-20(24)28/h3-10H,2,11-12H2,1H3,(H,21,28)(H,23,27). The van der Waals surface area contributed by atoms with Crippen molar-refractivity contribution >= 4 is 34.4 Å². The minimum atomic E-state index is -0.416. The molecule has 1 saturated heterocycles. The van der Waals surface area contributed by atoms with Gasteiger partial charge in [-0.15, -0.1) is 0 Å². The number of carbonyl (C=O) groups is 3. The van der Waals surface area contributed by atoms with E-state index in [9.17, 15) is 14.4 Å². The normalized spacial score (nSPS) is 13.8. The molecule has 0 radical (unpaired) electrons. The van der Waals surface area contributed by atoms with Gasteiger partial charge in [0.2, 0.25) is 5.91 Å². The molecule has 4 amide bonds. The Morgan fingerprint density at radius 1 is 1.21 bits per heavy atom. The summed E-state index contributed by atoms with van der Waals surface area (Å²) in [5.74, 6) is -0.540. The number of carbonyl (C=O) groups excluding carboxylic acids is 3. The van der Waals surface area contributed by atoms with Crippen LogP contribution in [-0.2, 0) is 17.9 Å². The van der Waals surface area contributed by atoms with Crippen molar-refractivity contribution in [3.63, 3.8) is 0 Å². The van der Waals surface area contributed by atoms with Gasteiger partial charge in [-0.3, -0.25) is 19.2 Å². The van der Waals surface area contributed by atoms with Crippen LogP contribution in [0, 0.1) is 0 Å². The number of benzene rings is 2. The summed E-state index contributed by atoms with van der Waals surface area (Å²) < 4.78 is 1.86. The maximum absolute atomic E-state index is 12.7. The Kier molecular flexibility index (Phi) is 4.52. The molecule has 0 saturated carbocycles. The summed E-state index contributed by atoms with van der Waals surface area (Å²) in [4.78, 5) is 37.2. The van der Waals surface area contributed by atoms with Crippen molar-refractivity contribution in [3.8, 4) is 0 Å². The predicted molar refractivity (Wildman–Crippen MR) is 104 cm³/mol. The molecular formula is C20H19N5O3. The molecule has 8 nitrogen and oxygen atoms in total. The zero-order valence-corrected chi connectivity index (χ0v) is 15.3. The van der Waals surface area contributed by atoms with Gasteiger partial charge in [0.15, 0.2) is 0 Å². The molecule has 4 rings (SSSR count). The maximum Gasteiger partial charge on any atom is 0.324 e. The number of imide groups is 1. The zero-order chi connectivity index (χ0) is 19.7. The van der Waals surface area contributed by atoms with Crippen LogP contribution in [0.5, 0.6) is 0 Å². The van der Waals surface area contributed by atoms with Gasteiger partial charge in [0.05, 0.1) is 24.8 Å². The molecule has 0 spiro atoms. The summed E-state index contributed by atoms with van der Waals surface area (Å²) in [5, 5.41) is 10.7. The quantitative estimate of drug-likeness (QED) is 0.667. The lowest BCUT2D eigenvalue weighted by Crippen LogP contribution is -2.30. The molecule has 28 heavy (non-hydrogen) atoms. The number of nitrogens with one attached hydrogen (secondary N) is 2. The highest BCUT2D eigenvalue weighted by atomic mass is 16.2. The Bertz CT molecular complexity index is 1070. The number of hydrogen-bond acceptors (Lipinski definition) is 4. The Hall–Kier alpha value is -3.68. The fourth-order valence-corrected chi connectivity index (χ4v) is 3.21. The van der Waals surface area contributed by atoms with E-state index in [0.717, 1.165) is 22.3 Å². The van der Waals surface area contributed by atoms with E-state index in [0.29, 0.717) is 16.8 Å². The average molecular weight is 377 g/mol. The number of hydrogen-bond donors (Lipinski definition) is 2. The van der Waals surface area contributed by atoms with Crippen molar-refractivity contribution in [1.29, 1.82) is 0 Å². The molecule has 2 N–H and O–H groups in total. The summed E-state index contributed by atoms with van der Waals surface area (Å²) in [6.07, 6.45) is 1.80. The fourth-order valence-electron chi connectivity index (χ4n) is 3.21. The van der Waals surface area contributed by atoms with Crippen LogP contribution in [0.1, 0.15) is 22.8 Å². The number of urea groups is 1. The monoisotopic (exact) mass is 377 g/mol. The van der Waals surface area contributed by atoms with Crippen LogP contribution < -0.4 is 10.6 Å². The first kappa shape index (κ1) is 17.7. The number of rotatable bonds is 5. The van der Waals surface area contributed by atoms with Gasteiger partial charge in [-0.1, -0.05) is 12.1 Å². The van der Waals surface area contributed by atoms with E-state index in [1.807, 2.05) is 29.8 Å². The van der Waals surface area contributed by atoms with Crippen LogP contribution in [0.15, 0.2) is 48.7 Å². The highest BCUT2D eigenvalue weighted by molar-refractivity contribution is 6.05. The van der Waals surface area contributed by atoms with Crippen LogP contribution in [0.2, 0.25) is 0 Å². The Labute approximate surface area is 161 Å². The third-order valence-electron chi connectivity index (χ3n) is 4.67. The SMILES string of the molecule is CCn1ncc2ccc(NC(=O)c3cccc(CN4C(=O)CNC4=O)c3)cc21. The van der Waals surface area contributed by atoms with Crippen molar-refractivity contribution in [3.05, 3.63) is 59.8 Å². The second-order valence-corrected chi connectivity index (χ2v) is 6.53. The van der Waals surface area contributed by atoms with Gasteiger partial charge in [0.1, 0.15) is 0 Å². The molecule has 142 valence electrons. The molecule has 1 fully saturated rings. The fraction of sp³-hybridized carbons (Fsp3) is 0.200. The lowest BCUT2D eigenvalue weighted by atomic mass is 10.1. The zero-order valence-electron chi connectivity index (χ0n) is 15.3. The van der Waals surface area contributed by atoms with Gasteiger partial charge in [0.25, 0.3) is 5.91 Å². The number of amides is 4. The third kappa shape index (κ3) is 3.32. The average Bonchev–Trinajstić information content (AvgIpc) is 3.25. The first-order valence-electron chi connectivity index (χ1n) is 8.99. The van der Waals surface area contributed by atoms with Crippen molar-refractivity contribution < 1.29 is 14.4 Å². The first-order chi connectivity index (χ1) is 13.5. The van der Waals surface area contributed by atoms with Crippen molar-refractivity contribution in [2.45, 2.75) is 20.0 Å². The van der Waals surface area contributed by atoms with Crippen LogP contribution in [0.3, 0.4) is 0 Å². The van der Waals surface area contributed by atoms with E-state index in [-0.39, 0.29) is 24.9 Å². The van der Waals surface area contributed by atoms with Gasteiger partial charge >= 0.3 is 6.03 Å². The molecule has 0 aliphatic carbocycles. The summed E-state index contributed by atoms with van der Waals surface area (Å²) in [6.45, 7) is 2.89. The van der Waals surface area contributed by atoms with Crippen molar-refractivity contribution in [1.82, 2.24) is 20.0 Å². The summed E-state index contributed by atoms with van der Waals surface area (Å²) >= 11 is 0. The van der Waals surface area contributed by atoms with E-state index in [4.69, 9.17) is 0 Å². The largest absolute Gasteiger partial charge is 0.329 e. The van der Waals surface area contributed by atoms with Crippen molar-refractivity contribution in [2.24, 2.45) is 0 Å². The van der Waals surface area contributed by atoms with E-state index < -0.39 is 6.03 Å². The molecule has 0 atom stereocenters. The minimum Gasteiger partial charge on any atom is -0.329 e. The Morgan fingerprint density at radius 3 is 2.82 bits per heavy atom. The van der Waals surface area contributed by atoms with Gasteiger partial charge < -0.3 is 10.6 Å². The molecule has 0 bridgehead atoms. The number of nitrogens with zero attached hydrogens (tertiary/aromatic N) is 3. The second kappa shape index (κ2) is 7.15. The number of fused-ring (bicyclic) bond motifs is 1. The molecule has 2 aromatic carbocycles. The van der Waals surface area contributed by atoms with Crippen LogP contribution in [-0.4, -0.2) is 39.1 Å². The number of aromatic nitrogens is 2. The third-order valence-corrected chi connectivity index (χ3v) is 4.67. The highest BCUT2D eigenvalue weighted by Gasteiger charge is 2.28. The van der Waals surface area contributed by atoms with Gasteiger partial charge in [-0.25, -0.2) is 4.79 Å². The molecule has 0 unspecified atom stereocenters. The minimum absolute atomic E-state index is 0.00975. The lowest BCUT2D eigenvalue weighted by molar-refractivity contribution is -0.125. The highest BCUT2D eigenvalue weighted by Crippen LogP contribution is 2.20. The van der Waals surface area contributed by atoms with E-state index in [1.54, 1.807) is 30.5 Å².